The van der Waals surface area contributed by atoms with Crippen LogP contribution in [0, 0.1) is 0 Å². The number of carboxylic acid groups (broad SMARTS) is 1. The molecular formula is C10H9ClO5. The molecule has 0 atom stereocenters. The molecule has 0 aliphatic rings. The topological polar surface area (TPSA) is 76.7 Å². The van der Waals surface area contributed by atoms with Gasteiger partial charge in [-0.3, -0.25) is 4.79 Å². The molecule has 0 saturated heterocycles. The van der Waals surface area contributed by atoms with Crippen molar-refractivity contribution in [1.82, 2.24) is 0 Å². The van der Waals surface area contributed by atoms with E-state index in [0.717, 1.165) is 0 Å². The van der Waals surface area contributed by atoms with Crippen molar-refractivity contribution in [3.63, 3.8) is 0 Å². The van der Waals surface area contributed by atoms with Crippen LogP contribution in [0.1, 0.15) is 12.2 Å². The summed E-state index contributed by atoms with van der Waals surface area (Å²) in [6.45, 7) is 0. The summed E-state index contributed by atoms with van der Waals surface area (Å²) in [5, 5.41) is 8.76. The first-order valence-electron chi connectivity index (χ1n) is 4.29. The van der Waals surface area contributed by atoms with E-state index in [2.05, 4.69) is 4.74 Å². The lowest BCUT2D eigenvalue weighted by Gasteiger charge is -2.01. The first-order valence-corrected chi connectivity index (χ1v) is 4.66. The third-order valence-electron chi connectivity index (χ3n) is 1.70. The summed E-state index contributed by atoms with van der Waals surface area (Å²) in [4.78, 5) is 21.8. The number of rotatable bonds is 4. The second-order valence-corrected chi connectivity index (χ2v) is 3.25. The van der Waals surface area contributed by atoms with Crippen LogP contribution < -0.4 is 0 Å². The summed E-state index contributed by atoms with van der Waals surface area (Å²) in [5.41, 5.74) is -0.0129. The number of carbonyl (C=O) groups excluding carboxylic acids is 1. The van der Waals surface area contributed by atoms with Gasteiger partial charge in [-0.25, -0.2) is 4.79 Å². The van der Waals surface area contributed by atoms with Crippen LogP contribution >= 0.6 is 11.6 Å². The predicted molar refractivity (Wildman–Crippen MR) is 56.0 cm³/mol. The van der Waals surface area contributed by atoms with Crippen molar-refractivity contribution in [2.24, 2.45) is 0 Å². The van der Waals surface area contributed by atoms with Gasteiger partial charge in [-0.15, -0.1) is 0 Å². The highest BCUT2D eigenvalue weighted by molar-refractivity contribution is 6.28. The lowest BCUT2D eigenvalue weighted by atomic mass is 10.1. The van der Waals surface area contributed by atoms with Crippen molar-refractivity contribution < 1.29 is 23.8 Å². The molecular weight excluding hydrogens is 236 g/mol. The number of furan rings is 1. The molecule has 0 saturated carbocycles. The highest BCUT2D eigenvalue weighted by Crippen LogP contribution is 2.17. The molecule has 0 aliphatic carbocycles. The van der Waals surface area contributed by atoms with Gasteiger partial charge in [-0.05, 0) is 29.8 Å². The normalized spacial score (nSPS) is 11.2. The minimum Gasteiger partial charge on any atom is -0.481 e. The number of ether oxygens (including phenoxy) is 1. The minimum atomic E-state index is -1.13. The van der Waals surface area contributed by atoms with E-state index in [4.69, 9.17) is 21.1 Å². The predicted octanol–water partition coefficient (Wildman–Crippen LogP) is 1.96. The van der Waals surface area contributed by atoms with Gasteiger partial charge >= 0.3 is 11.9 Å². The van der Waals surface area contributed by atoms with Crippen LogP contribution in [0.2, 0.25) is 5.22 Å². The fourth-order valence-electron chi connectivity index (χ4n) is 1.05. The standard InChI is InChI=1S/C10H9ClO5/c1-15-10(14)6(5-9(12)13)4-7-2-3-8(11)16-7/h2-4H,5H2,1H3,(H,12,13)/b6-4-. The molecule has 0 amide bonds. The fourth-order valence-corrected chi connectivity index (χ4v) is 1.21. The number of carbonyl (C=O) groups is 2. The lowest BCUT2D eigenvalue weighted by molar-refractivity contribution is -0.141. The average Bonchev–Trinajstić information content (AvgIpc) is 2.61. The number of methoxy groups -OCH3 is 1. The lowest BCUT2D eigenvalue weighted by Crippen LogP contribution is -2.09. The first kappa shape index (κ1) is 12.3. The van der Waals surface area contributed by atoms with Gasteiger partial charge in [0.2, 0.25) is 0 Å². The van der Waals surface area contributed by atoms with Crippen molar-refractivity contribution in [3.8, 4) is 0 Å². The maximum absolute atomic E-state index is 11.2. The molecule has 0 aromatic carbocycles. The zero-order chi connectivity index (χ0) is 12.1. The fraction of sp³-hybridized carbons (Fsp3) is 0.200. The molecule has 86 valence electrons. The summed E-state index contributed by atoms with van der Waals surface area (Å²) in [6, 6.07) is 3.01. The van der Waals surface area contributed by atoms with Crippen LogP contribution in [0.15, 0.2) is 22.1 Å². The van der Waals surface area contributed by atoms with Crippen molar-refractivity contribution in [2.45, 2.75) is 6.42 Å². The number of esters is 1. The number of hydrogen-bond donors (Lipinski definition) is 1. The van der Waals surface area contributed by atoms with Gasteiger partial charge in [0.1, 0.15) is 5.76 Å². The summed E-state index contributed by atoms with van der Waals surface area (Å²) >= 11 is 5.53. The maximum atomic E-state index is 11.2. The zero-order valence-electron chi connectivity index (χ0n) is 8.40. The van der Waals surface area contributed by atoms with Crippen LogP contribution in [0.4, 0.5) is 0 Å². The van der Waals surface area contributed by atoms with Crippen LogP contribution in [-0.2, 0) is 14.3 Å². The van der Waals surface area contributed by atoms with E-state index in [0.29, 0.717) is 5.76 Å². The van der Waals surface area contributed by atoms with Gasteiger partial charge in [-0.1, -0.05) is 0 Å². The minimum absolute atomic E-state index is 0.0129. The van der Waals surface area contributed by atoms with Crippen molar-refractivity contribution in [1.29, 1.82) is 0 Å². The second-order valence-electron chi connectivity index (χ2n) is 2.87. The van der Waals surface area contributed by atoms with Gasteiger partial charge in [0.15, 0.2) is 5.22 Å². The van der Waals surface area contributed by atoms with Gasteiger partial charge in [-0.2, -0.15) is 0 Å². The Labute approximate surface area is 96.3 Å². The Morgan fingerprint density at radius 3 is 2.69 bits per heavy atom. The Hall–Kier alpha value is -1.75. The van der Waals surface area contributed by atoms with Gasteiger partial charge in [0.05, 0.1) is 19.1 Å². The molecule has 1 heterocycles. The smallest absolute Gasteiger partial charge is 0.334 e. The highest BCUT2D eigenvalue weighted by atomic mass is 35.5. The number of halogens is 1. The Morgan fingerprint density at radius 2 is 2.25 bits per heavy atom. The van der Waals surface area contributed by atoms with E-state index in [1.807, 2.05) is 0 Å². The van der Waals surface area contributed by atoms with Crippen molar-refractivity contribution >= 4 is 29.6 Å². The number of carboxylic acids is 1. The van der Waals surface area contributed by atoms with Crippen molar-refractivity contribution in [3.05, 3.63) is 28.7 Å². The molecule has 1 N–H and O–H groups in total. The van der Waals surface area contributed by atoms with Crippen LogP contribution in [0.3, 0.4) is 0 Å². The zero-order valence-corrected chi connectivity index (χ0v) is 9.15. The summed E-state index contributed by atoms with van der Waals surface area (Å²) in [6.07, 6.45) is 0.844. The molecule has 1 aromatic rings. The maximum Gasteiger partial charge on any atom is 0.334 e. The van der Waals surface area contributed by atoms with E-state index in [9.17, 15) is 9.59 Å². The molecule has 0 unspecified atom stereocenters. The molecule has 1 rings (SSSR count). The quantitative estimate of drug-likeness (QED) is 0.647. The van der Waals surface area contributed by atoms with E-state index < -0.39 is 18.4 Å². The van der Waals surface area contributed by atoms with Crippen molar-refractivity contribution in [2.75, 3.05) is 7.11 Å². The third-order valence-corrected chi connectivity index (χ3v) is 1.90. The molecule has 0 aliphatic heterocycles. The van der Waals surface area contributed by atoms with Gasteiger partial charge in [0, 0.05) is 0 Å². The third kappa shape index (κ3) is 3.43. The van der Waals surface area contributed by atoms with E-state index in [1.54, 1.807) is 0 Å². The SMILES string of the molecule is COC(=O)/C(=C\c1ccc(Cl)o1)CC(=O)O. The van der Waals surface area contributed by atoms with Crippen LogP contribution in [0.25, 0.3) is 6.08 Å². The molecule has 1 aromatic heterocycles. The largest absolute Gasteiger partial charge is 0.481 e. The molecule has 5 nitrogen and oxygen atoms in total. The molecule has 0 bridgehead atoms. The summed E-state index contributed by atoms with van der Waals surface area (Å²) in [7, 11) is 1.17. The van der Waals surface area contributed by atoms with E-state index >= 15 is 0 Å². The van der Waals surface area contributed by atoms with E-state index in [1.165, 1.54) is 25.3 Å². The summed E-state index contributed by atoms with van der Waals surface area (Å²) < 4.78 is 9.43. The van der Waals surface area contributed by atoms with Crippen LogP contribution in [-0.4, -0.2) is 24.2 Å². The average molecular weight is 245 g/mol. The molecule has 16 heavy (non-hydrogen) atoms. The highest BCUT2D eigenvalue weighted by Gasteiger charge is 2.14. The van der Waals surface area contributed by atoms with Gasteiger partial charge in [0.25, 0.3) is 0 Å². The molecule has 0 fully saturated rings. The first-order chi connectivity index (χ1) is 7.52. The van der Waals surface area contributed by atoms with Gasteiger partial charge < -0.3 is 14.3 Å². The Balaban J connectivity index is 2.95. The molecule has 6 heteroatoms. The summed E-state index contributed by atoms with van der Waals surface area (Å²) in [5.74, 6) is -1.55. The molecule has 0 radical (unpaired) electrons. The Bertz CT molecular complexity index is 432. The Morgan fingerprint density at radius 1 is 1.56 bits per heavy atom. The number of aliphatic carboxylic acids is 1. The van der Waals surface area contributed by atoms with E-state index in [-0.39, 0.29) is 10.8 Å². The Kier molecular flexibility index (Phi) is 4.13. The number of hydrogen-bond acceptors (Lipinski definition) is 4. The van der Waals surface area contributed by atoms with Crippen LogP contribution in [0.5, 0.6) is 0 Å². The molecule has 0 spiro atoms. The monoisotopic (exact) mass is 244 g/mol. The second kappa shape index (κ2) is 5.37.